The number of carbonyl (C=O) groups is 3. The van der Waals surface area contributed by atoms with Crippen molar-refractivity contribution in [2.45, 2.75) is 18.9 Å². The van der Waals surface area contributed by atoms with Gasteiger partial charge in [0.05, 0.1) is 0 Å². The fraction of sp³-hybridized carbons (Fsp3) is 0.389. The first-order valence-electron chi connectivity index (χ1n) is 8.45. The van der Waals surface area contributed by atoms with Gasteiger partial charge in [-0.25, -0.2) is 14.4 Å². The number of hydrogen-bond donors (Lipinski definition) is 2. The average molecular weight is 441 g/mol. The molecule has 3 heterocycles. The molecule has 9 heteroatoms. The van der Waals surface area contributed by atoms with Gasteiger partial charge in [-0.1, -0.05) is 15.9 Å². The summed E-state index contributed by atoms with van der Waals surface area (Å²) in [5.41, 5.74) is 0. The van der Waals surface area contributed by atoms with E-state index in [1.165, 1.54) is 0 Å². The third-order valence-corrected chi connectivity index (χ3v) is 4.81. The Morgan fingerprint density at radius 1 is 0.963 bits per heavy atom. The van der Waals surface area contributed by atoms with Gasteiger partial charge < -0.3 is 24.7 Å². The maximum absolute atomic E-state index is 12.3. The van der Waals surface area contributed by atoms with E-state index < -0.39 is 11.9 Å². The molecule has 0 aromatic heterocycles. The molecule has 0 radical (unpaired) electrons. The molecule has 2 bridgehead atoms. The van der Waals surface area contributed by atoms with E-state index in [1.807, 2.05) is 17.0 Å². The molecule has 2 N–H and O–H groups in total. The summed E-state index contributed by atoms with van der Waals surface area (Å²) in [6, 6.07) is 7.72. The molecule has 3 saturated heterocycles. The van der Waals surface area contributed by atoms with Gasteiger partial charge in [-0.05, 0) is 37.1 Å². The summed E-state index contributed by atoms with van der Waals surface area (Å²) < 4.78 is 6.44. The van der Waals surface area contributed by atoms with Crippen LogP contribution in [0.3, 0.4) is 0 Å². The first kappa shape index (κ1) is 20.9. The van der Waals surface area contributed by atoms with Crippen molar-refractivity contribution in [3.63, 3.8) is 0 Å². The highest BCUT2D eigenvalue weighted by atomic mass is 79.9. The number of fused-ring (bicyclic) bond motifs is 4. The summed E-state index contributed by atoms with van der Waals surface area (Å²) in [5, 5.41) is 15.6. The molecule has 4 rings (SSSR count). The van der Waals surface area contributed by atoms with E-state index in [-0.39, 0.29) is 6.09 Å². The maximum Gasteiger partial charge on any atom is 0.415 e. The number of halogens is 1. The lowest BCUT2D eigenvalue weighted by atomic mass is 10.1. The Labute approximate surface area is 165 Å². The van der Waals surface area contributed by atoms with Gasteiger partial charge in [-0.15, -0.1) is 0 Å². The van der Waals surface area contributed by atoms with Crippen LogP contribution in [0.5, 0.6) is 5.75 Å². The lowest BCUT2D eigenvalue weighted by Crippen LogP contribution is -2.43. The van der Waals surface area contributed by atoms with Crippen LogP contribution in [0.2, 0.25) is 0 Å². The molecule has 0 saturated carbocycles. The van der Waals surface area contributed by atoms with Gasteiger partial charge in [0.2, 0.25) is 0 Å². The normalized spacial score (nSPS) is 21.1. The molecule has 0 aliphatic carbocycles. The Bertz CT molecular complexity index is 682. The quantitative estimate of drug-likeness (QED) is 0.694. The first-order valence-corrected chi connectivity index (χ1v) is 9.25. The summed E-state index contributed by atoms with van der Waals surface area (Å²) >= 11 is 3.37. The van der Waals surface area contributed by atoms with Crippen LogP contribution < -0.4 is 4.74 Å². The number of amides is 1. The van der Waals surface area contributed by atoms with Crippen molar-refractivity contribution in [3.05, 3.63) is 40.9 Å². The lowest BCUT2D eigenvalue weighted by Gasteiger charge is -2.30. The van der Waals surface area contributed by atoms with E-state index in [2.05, 4.69) is 20.8 Å². The zero-order valence-electron chi connectivity index (χ0n) is 14.6. The molecule has 1 amide bonds. The minimum Gasteiger partial charge on any atom is -0.478 e. The first-order chi connectivity index (χ1) is 12.8. The Morgan fingerprint density at radius 3 is 2.04 bits per heavy atom. The summed E-state index contributed by atoms with van der Waals surface area (Å²) in [5.74, 6) is -1.91. The number of carboxylic acids is 2. The number of rotatable bonds is 3. The van der Waals surface area contributed by atoms with Crippen molar-refractivity contribution in [1.29, 1.82) is 0 Å². The number of carbonyl (C=O) groups excluding carboxylic acids is 1. The standard InChI is InChI=1S/C14H17BrN2O2.C4H4O4/c15-11-1-3-13(4-2-11)19-14(18)17-10-9-16-7-5-12(17)6-8-16;5-3(6)1-2-4(7)8/h1-4,12H,5-10H2;1-2H,(H,5,6)(H,7,8)/b;2-1+. The summed E-state index contributed by atoms with van der Waals surface area (Å²) in [4.78, 5) is 35.7. The van der Waals surface area contributed by atoms with Crippen molar-refractivity contribution >= 4 is 34.0 Å². The van der Waals surface area contributed by atoms with Crippen molar-refractivity contribution in [1.82, 2.24) is 9.80 Å². The van der Waals surface area contributed by atoms with Gasteiger partial charge in [-0.2, -0.15) is 0 Å². The molecular weight excluding hydrogens is 420 g/mol. The van der Waals surface area contributed by atoms with Crippen LogP contribution in [-0.2, 0) is 9.59 Å². The van der Waals surface area contributed by atoms with Gasteiger partial charge >= 0.3 is 18.0 Å². The third-order valence-electron chi connectivity index (χ3n) is 4.28. The van der Waals surface area contributed by atoms with Crippen LogP contribution in [0.1, 0.15) is 12.8 Å². The molecule has 27 heavy (non-hydrogen) atoms. The van der Waals surface area contributed by atoms with E-state index in [0.717, 1.165) is 43.5 Å². The predicted molar refractivity (Wildman–Crippen MR) is 101 cm³/mol. The Morgan fingerprint density at radius 2 is 1.52 bits per heavy atom. The van der Waals surface area contributed by atoms with Crippen LogP contribution in [0.25, 0.3) is 0 Å². The van der Waals surface area contributed by atoms with Gasteiger partial charge in [0, 0.05) is 48.8 Å². The largest absolute Gasteiger partial charge is 0.478 e. The molecule has 3 aliphatic heterocycles. The number of nitrogens with zero attached hydrogens (tertiary/aromatic N) is 2. The third kappa shape index (κ3) is 7.03. The highest BCUT2D eigenvalue weighted by Gasteiger charge is 2.32. The Balaban J connectivity index is 0.000000279. The van der Waals surface area contributed by atoms with E-state index in [4.69, 9.17) is 14.9 Å². The number of aliphatic carboxylic acids is 2. The highest BCUT2D eigenvalue weighted by Crippen LogP contribution is 2.23. The number of piperidine rings is 1. The van der Waals surface area contributed by atoms with Crippen LogP contribution >= 0.6 is 15.9 Å². The second-order valence-corrected chi connectivity index (χ2v) is 7.01. The second-order valence-electron chi connectivity index (χ2n) is 6.10. The van der Waals surface area contributed by atoms with Crippen LogP contribution in [0.4, 0.5) is 4.79 Å². The monoisotopic (exact) mass is 440 g/mol. The number of carboxylic acid groups (broad SMARTS) is 2. The molecule has 8 nitrogen and oxygen atoms in total. The molecule has 1 aromatic rings. The van der Waals surface area contributed by atoms with E-state index >= 15 is 0 Å². The van der Waals surface area contributed by atoms with Crippen LogP contribution in [-0.4, -0.2) is 70.3 Å². The molecule has 0 unspecified atom stereocenters. The second kappa shape index (κ2) is 10.1. The molecule has 1 aromatic carbocycles. The molecular formula is C18H21BrN2O6. The van der Waals surface area contributed by atoms with E-state index in [1.54, 1.807) is 12.1 Å². The van der Waals surface area contributed by atoms with E-state index in [0.29, 0.717) is 23.9 Å². The highest BCUT2D eigenvalue weighted by molar-refractivity contribution is 9.10. The summed E-state index contributed by atoms with van der Waals surface area (Å²) in [7, 11) is 0. The molecule has 0 spiro atoms. The van der Waals surface area contributed by atoms with Crippen LogP contribution in [0.15, 0.2) is 40.9 Å². The minimum atomic E-state index is -1.26. The van der Waals surface area contributed by atoms with Crippen LogP contribution in [0, 0.1) is 0 Å². The van der Waals surface area contributed by atoms with Crippen molar-refractivity contribution in [2.75, 3.05) is 26.2 Å². The fourth-order valence-electron chi connectivity index (χ4n) is 2.93. The van der Waals surface area contributed by atoms with Crippen molar-refractivity contribution in [2.24, 2.45) is 0 Å². The minimum absolute atomic E-state index is 0.212. The number of ether oxygens (including phenoxy) is 1. The maximum atomic E-state index is 12.3. The number of hydrogen-bond acceptors (Lipinski definition) is 5. The number of benzene rings is 1. The fourth-order valence-corrected chi connectivity index (χ4v) is 3.20. The Hall–Kier alpha value is -2.39. The molecule has 0 atom stereocenters. The Kier molecular flexibility index (Phi) is 7.81. The van der Waals surface area contributed by atoms with E-state index in [9.17, 15) is 14.4 Å². The zero-order chi connectivity index (χ0) is 19.8. The smallest absolute Gasteiger partial charge is 0.415 e. The lowest BCUT2D eigenvalue weighted by molar-refractivity contribution is -0.134. The average Bonchev–Trinajstić information content (AvgIpc) is 2.96. The zero-order valence-corrected chi connectivity index (χ0v) is 16.2. The summed E-state index contributed by atoms with van der Waals surface area (Å²) in [6.07, 6.45) is 3.03. The van der Waals surface area contributed by atoms with Gasteiger partial charge in [0.15, 0.2) is 0 Å². The summed E-state index contributed by atoms with van der Waals surface area (Å²) in [6.45, 7) is 3.95. The van der Waals surface area contributed by atoms with Gasteiger partial charge in [0.1, 0.15) is 5.75 Å². The van der Waals surface area contributed by atoms with Crippen molar-refractivity contribution in [3.8, 4) is 5.75 Å². The predicted octanol–water partition coefficient (Wildman–Crippen LogP) is 2.44. The molecule has 146 valence electrons. The molecule has 3 aliphatic rings. The van der Waals surface area contributed by atoms with Gasteiger partial charge in [-0.3, -0.25) is 0 Å². The van der Waals surface area contributed by atoms with Crippen molar-refractivity contribution < 1.29 is 29.3 Å². The topological polar surface area (TPSA) is 107 Å². The molecule has 3 fully saturated rings. The SMILES string of the molecule is O=C(O)/C=C/C(=O)O.O=C(Oc1ccc(Br)cc1)N1CCN2CCC1CC2. The van der Waals surface area contributed by atoms with Gasteiger partial charge in [0.25, 0.3) is 0 Å².